The van der Waals surface area contributed by atoms with E-state index in [1.807, 2.05) is 6.92 Å². The number of ether oxygens (including phenoxy) is 1. The van der Waals surface area contributed by atoms with Gasteiger partial charge in [-0.05, 0) is 33.6 Å². The first-order chi connectivity index (χ1) is 6.09. The Hall–Kier alpha value is 0.270. The van der Waals surface area contributed by atoms with Gasteiger partial charge in [0.1, 0.15) is 0 Å². The highest BCUT2D eigenvalue weighted by atomic mass is 32.1. The molecular weight excluding hydrogens is 182 g/mol. The summed E-state index contributed by atoms with van der Waals surface area (Å²) in [4.78, 5) is 2.50. The number of likely N-dealkylation sites (tertiary alicyclic amines) is 1. The first-order valence-corrected chi connectivity index (χ1v) is 5.69. The van der Waals surface area contributed by atoms with Gasteiger partial charge in [0.15, 0.2) is 0 Å². The second-order valence-corrected chi connectivity index (χ2v) is 4.79. The molecule has 0 unspecified atom stereocenters. The molecule has 1 aliphatic rings. The molecule has 78 valence electrons. The van der Waals surface area contributed by atoms with Crippen molar-refractivity contribution >= 4 is 12.6 Å². The first-order valence-electron chi connectivity index (χ1n) is 5.17. The molecule has 0 aromatic heterocycles. The lowest BCUT2D eigenvalue weighted by Gasteiger charge is -2.34. The number of rotatable bonds is 3. The Kier molecular flexibility index (Phi) is 4.56. The molecule has 2 nitrogen and oxygen atoms in total. The van der Waals surface area contributed by atoms with E-state index in [1.54, 1.807) is 0 Å². The molecule has 1 aliphatic heterocycles. The maximum Gasteiger partial charge on any atom is 0.0975 e. The molecule has 13 heavy (non-hydrogen) atoms. The lowest BCUT2D eigenvalue weighted by Crippen LogP contribution is -2.41. The SMILES string of the molecule is CC(C)N1CCC(O[C@H](C)S)CC1. The van der Waals surface area contributed by atoms with Gasteiger partial charge in [0, 0.05) is 19.1 Å². The number of hydrogen-bond acceptors (Lipinski definition) is 3. The summed E-state index contributed by atoms with van der Waals surface area (Å²) in [5, 5.41) is 0. The van der Waals surface area contributed by atoms with Crippen molar-refractivity contribution in [2.24, 2.45) is 0 Å². The zero-order chi connectivity index (χ0) is 9.84. The summed E-state index contributed by atoms with van der Waals surface area (Å²) in [6.45, 7) is 8.83. The van der Waals surface area contributed by atoms with Crippen LogP contribution in [0.5, 0.6) is 0 Å². The highest BCUT2D eigenvalue weighted by Gasteiger charge is 2.21. The van der Waals surface area contributed by atoms with Gasteiger partial charge in [0.25, 0.3) is 0 Å². The van der Waals surface area contributed by atoms with Crippen LogP contribution in [0.2, 0.25) is 0 Å². The fraction of sp³-hybridized carbons (Fsp3) is 1.00. The Morgan fingerprint density at radius 2 is 1.77 bits per heavy atom. The van der Waals surface area contributed by atoms with Gasteiger partial charge in [0.2, 0.25) is 0 Å². The third kappa shape index (κ3) is 3.88. The quantitative estimate of drug-likeness (QED) is 0.557. The topological polar surface area (TPSA) is 12.5 Å². The summed E-state index contributed by atoms with van der Waals surface area (Å²) < 4.78 is 5.66. The van der Waals surface area contributed by atoms with E-state index in [2.05, 4.69) is 31.4 Å². The summed E-state index contributed by atoms with van der Waals surface area (Å²) in [6.07, 6.45) is 2.74. The van der Waals surface area contributed by atoms with Crippen molar-refractivity contribution in [3.63, 3.8) is 0 Å². The molecule has 1 fully saturated rings. The van der Waals surface area contributed by atoms with E-state index < -0.39 is 0 Å². The second-order valence-electron chi connectivity index (χ2n) is 4.06. The minimum Gasteiger partial charge on any atom is -0.365 e. The summed E-state index contributed by atoms with van der Waals surface area (Å²) in [6, 6.07) is 0.675. The summed E-state index contributed by atoms with van der Waals surface area (Å²) in [5.74, 6) is 0. The van der Waals surface area contributed by atoms with Gasteiger partial charge in [0.05, 0.1) is 11.5 Å². The molecular formula is C10H21NOS. The zero-order valence-electron chi connectivity index (χ0n) is 8.86. The van der Waals surface area contributed by atoms with Crippen LogP contribution in [0.1, 0.15) is 33.6 Å². The molecule has 0 amide bonds. The van der Waals surface area contributed by atoms with E-state index in [-0.39, 0.29) is 5.44 Å². The van der Waals surface area contributed by atoms with Gasteiger partial charge in [-0.15, -0.1) is 12.6 Å². The predicted octanol–water partition coefficient (Wildman–Crippen LogP) is 2.15. The zero-order valence-corrected chi connectivity index (χ0v) is 9.76. The molecule has 0 aromatic rings. The molecule has 0 saturated carbocycles. The second kappa shape index (κ2) is 5.23. The number of hydrogen-bond donors (Lipinski definition) is 1. The molecule has 1 saturated heterocycles. The average Bonchev–Trinajstić information content (AvgIpc) is 2.04. The van der Waals surface area contributed by atoms with Crippen LogP contribution in [0.4, 0.5) is 0 Å². The van der Waals surface area contributed by atoms with Crippen molar-refractivity contribution in [3.05, 3.63) is 0 Å². The van der Waals surface area contributed by atoms with Crippen LogP contribution < -0.4 is 0 Å². The molecule has 0 aromatic carbocycles. The molecule has 1 heterocycles. The van der Waals surface area contributed by atoms with E-state index in [9.17, 15) is 0 Å². The van der Waals surface area contributed by atoms with E-state index in [4.69, 9.17) is 4.74 Å². The van der Waals surface area contributed by atoms with E-state index in [0.29, 0.717) is 12.1 Å². The normalized spacial score (nSPS) is 23.8. The molecule has 0 bridgehead atoms. The van der Waals surface area contributed by atoms with Crippen LogP contribution in [-0.2, 0) is 4.74 Å². The number of nitrogens with zero attached hydrogens (tertiary/aromatic N) is 1. The largest absolute Gasteiger partial charge is 0.365 e. The summed E-state index contributed by atoms with van der Waals surface area (Å²) in [7, 11) is 0. The van der Waals surface area contributed by atoms with Crippen molar-refractivity contribution in [1.29, 1.82) is 0 Å². The van der Waals surface area contributed by atoms with Crippen LogP contribution in [-0.4, -0.2) is 35.6 Å². The van der Waals surface area contributed by atoms with Gasteiger partial charge >= 0.3 is 0 Å². The van der Waals surface area contributed by atoms with E-state index in [1.165, 1.54) is 13.1 Å². The molecule has 0 radical (unpaired) electrons. The van der Waals surface area contributed by atoms with Crippen molar-refractivity contribution in [2.75, 3.05) is 13.1 Å². The summed E-state index contributed by atoms with van der Waals surface area (Å²) >= 11 is 4.24. The van der Waals surface area contributed by atoms with E-state index >= 15 is 0 Å². The van der Waals surface area contributed by atoms with Crippen LogP contribution in [0.25, 0.3) is 0 Å². The Morgan fingerprint density at radius 3 is 2.15 bits per heavy atom. The monoisotopic (exact) mass is 203 g/mol. The van der Waals surface area contributed by atoms with Crippen molar-refractivity contribution in [2.45, 2.75) is 51.2 Å². The van der Waals surface area contributed by atoms with Crippen LogP contribution in [0.15, 0.2) is 0 Å². The Balaban J connectivity index is 2.22. The Bertz CT molecular complexity index is 142. The van der Waals surface area contributed by atoms with Crippen LogP contribution in [0.3, 0.4) is 0 Å². The smallest absolute Gasteiger partial charge is 0.0975 e. The predicted molar refractivity (Wildman–Crippen MR) is 59.3 cm³/mol. The fourth-order valence-electron chi connectivity index (χ4n) is 1.81. The highest BCUT2D eigenvalue weighted by Crippen LogP contribution is 2.17. The molecule has 0 aliphatic carbocycles. The molecule has 0 N–H and O–H groups in total. The maximum absolute atomic E-state index is 5.66. The number of piperidine rings is 1. The van der Waals surface area contributed by atoms with Gasteiger partial charge in [-0.2, -0.15) is 0 Å². The lowest BCUT2D eigenvalue weighted by molar-refractivity contribution is -0.00468. The molecule has 1 atom stereocenters. The van der Waals surface area contributed by atoms with Crippen molar-refractivity contribution < 1.29 is 4.74 Å². The number of thiol groups is 1. The summed E-state index contributed by atoms with van der Waals surface area (Å²) in [5.41, 5.74) is 0.0793. The van der Waals surface area contributed by atoms with Crippen molar-refractivity contribution in [1.82, 2.24) is 4.90 Å². The van der Waals surface area contributed by atoms with Gasteiger partial charge < -0.3 is 9.64 Å². The first kappa shape index (κ1) is 11.3. The molecule has 3 heteroatoms. The van der Waals surface area contributed by atoms with Gasteiger partial charge in [-0.3, -0.25) is 0 Å². The molecule has 1 rings (SSSR count). The Labute approximate surface area is 87.0 Å². The third-order valence-corrected chi connectivity index (χ3v) is 2.72. The standard InChI is InChI=1S/C10H21NOS/c1-8(2)11-6-4-10(5-7-11)12-9(3)13/h8-10,13H,4-7H2,1-3H3/t9-/m0/s1. The van der Waals surface area contributed by atoms with Gasteiger partial charge in [-0.25, -0.2) is 0 Å². The lowest BCUT2D eigenvalue weighted by atomic mass is 10.1. The minimum absolute atomic E-state index is 0.0793. The highest BCUT2D eigenvalue weighted by molar-refractivity contribution is 7.80. The van der Waals surface area contributed by atoms with E-state index in [0.717, 1.165) is 12.8 Å². The van der Waals surface area contributed by atoms with Crippen molar-refractivity contribution in [3.8, 4) is 0 Å². The maximum atomic E-state index is 5.66. The van der Waals surface area contributed by atoms with Crippen LogP contribution >= 0.6 is 12.6 Å². The van der Waals surface area contributed by atoms with Gasteiger partial charge in [-0.1, -0.05) is 0 Å². The Morgan fingerprint density at radius 1 is 1.23 bits per heavy atom. The fourth-order valence-corrected chi connectivity index (χ4v) is 1.98. The average molecular weight is 203 g/mol. The minimum atomic E-state index is 0.0793. The molecule has 0 spiro atoms. The van der Waals surface area contributed by atoms with Crippen LogP contribution in [0, 0.1) is 0 Å². The third-order valence-electron chi connectivity index (χ3n) is 2.60.